The Kier molecular flexibility index (Phi) is 3.53. The van der Waals surface area contributed by atoms with Crippen molar-refractivity contribution in [3.63, 3.8) is 0 Å². The van der Waals surface area contributed by atoms with Crippen LogP contribution in [-0.4, -0.2) is 18.5 Å². The van der Waals surface area contributed by atoms with Gasteiger partial charge in [0.25, 0.3) is 6.43 Å². The zero-order valence-electron chi connectivity index (χ0n) is 10.2. The molecule has 2 aliphatic rings. The van der Waals surface area contributed by atoms with E-state index in [0.29, 0.717) is 24.8 Å². The van der Waals surface area contributed by atoms with Crippen LogP contribution < -0.4 is 5.32 Å². The van der Waals surface area contributed by atoms with Gasteiger partial charge in [-0.15, -0.1) is 0 Å². The fourth-order valence-electron chi connectivity index (χ4n) is 3.68. The van der Waals surface area contributed by atoms with Crippen LogP contribution in [0.4, 0.5) is 8.78 Å². The highest BCUT2D eigenvalue weighted by atomic mass is 19.3. The summed E-state index contributed by atoms with van der Waals surface area (Å²) in [6.45, 7) is 2.57. The monoisotopic (exact) mass is 231 g/mol. The molecule has 0 aliphatic heterocycles. The summed E-state index contributed by atoms with van der Waals surface area (Å²) in [6.07, 6.45) is 6.29. The Hall–Kier alpha value is -0.180. The maximum absolute atomic E-state index is 13.2. The van der Waals surface area contributed by atoms with Crippen LogP contribution in [-0.2, 0) is 0 Å². The summed E-state index contributed by atoms with van der Waals surface area (Å²) in [6, 6.07) is 0. The molecule has 0 heterocycles. The molecule has 2 fully saturated rings. The van der Waals surface area contributed by atoms with Gasteiger partial charge in [0.1, 0.15) is 0 Å². The molecule has 0 radical (unpaired) electrons. The van der Waals surface area contributed by atoms with Gasteiger partial charge in [-0.25, -0.2) is 8.78 Å². The van der Waals surface area contributed by atoms with Crippen molar-refractivity contribution < 1.29 is 8.78 Å². The minimum atomic E-state index is -2.22. The first-order valence-electron chi connectivity index (χ1n) is 6.66. The van der Waals surface area contributed by atoms with Crippen molar-refractivity contribution in [2.45, 2.75) is 70.3 Å². The second kappa shape index (κ2) is 4.59. The fourth-order valence-corrected chi connectivity index (χ4v) is 3.68. The summed E-state index contributed by atoms with van der Waals surface area (Å²) in [7, 11) is 0. The average Bonchev–Trinajstić information content (AvgIpc) is 2.71. The molecule has 0 aromatic rings. The lowest BCUT2D eigenvalue weighted by Crippen LogP contribution is -2.54. The van der Waals surface area contributed by atoms with Crippen LogP contribution in [0.15, 0.2) is 0 Å². The predicted octanol–water partition coefficient (Wildman–Crippen LogP) is 3.73. The Morgan fingerprint density at radius 1 is 1.00 bits per heavy atom. The SMILES string of the molecule is CCNC1(C(F)F)CCC2(CCCC2)CC1. The summed E-state index contributed by atoms with van der Waals surface area (Å²) in [5, 5.41) is 3.05. The van der Waals surface area contributed by atoms with Gasteiger partial charge in [-0.2, -0.15) is 0 Å². The van der Waals surface area contributed by atoms with Gasteiger partial charge in [0.2, 0.25) is 0 Å². The van der Waals surface area contributed by atoms with Crippen molar-refractivity contribution in [1.29, 1.82) is 0 Å². The van der Waals surface area contributed by atoms with E-state index in [9.17, 15) is 8.78 Å². The molecule has 3 heteroatoms. The average molecular weight is 231 g/mol. The maximum atomic E-state index is 13.2. The van der Waals surface area contributed by atoms with Crippen LogP contribution in [0.1, 0.15) is 58.3 Å². The van der Waals surface area contributed by atoms with Gasteiger partial charge in [0.05, 0.1) is 5.54 Å². The van der Waals surface area contributed by atoms with Gasteiger partial charge in [-0.3, -0.25) is 0 Å². The van der Waals surface area contributed by atoms with Gasteiger partial charge < -0.3 is 5.32 Å². The van der Waals surface area contributed by atoms with Crippen molar-refractivity contribution in [3.05, 3.63) is 0 Å². The lowest BCUT2D eigenvalue weighted by atomic mass is 9.66. The van der Waals surface area contributed by atoms with E-state index >= 15 is 0 Å². The molecule has 0 atom stereocenters. The van der Waals surface area contributed by atoms with E-state index in [4.69, 9.17) is 0 Å². The Bertz CT molecular complexity index is 224. The van der Waals surface area contributed by atoms with Crippen molar-refractivity contribution in [2.75, 3.05) is 6.54 Å². The molecule has 16 heavy (non-hydrogen) atoms. The minimum Gasteiger partial charge on any atom is -0.307 e. The number of rotatable bonds is 3. The molecule has 2 rings (SSSR count). The normalized spacial score (nSPS) is 27.8. The Balaban J connectivity index is 2.00. The van der Waals surface area contributed by atoms with Gasteiger partial charge in [-0.1, -0.05) is 19.8 Å². The smallest absolute Gasteiger partial charge is 0.256 e. The molecule has 1 nitrogen and oxygen atoms in total. The number of hydrogen-bond donors (Lipinski definition) is 1. The van der Waals surface area contributed by atoms with Crippen LogP contribution >= 0.6 is 0 Å². The van der Waals surface area contributed by atoms with E-state index in [1.54, 1.807) is 0 Å². The molecular weight excluding hydrogens is 208 g/mol. The van der Waals surface area contributed by atoms with Crippen molar-refractivity contribution in [1.82, 2.24) is 5.32 Å². The van der Waals surface area contributed by atoms with Crippen molar-refractivity contribution in [2.24, 2.45) is 5.41 Å². The lowest BCUT2D eigenvalue weighted by molar-refractivity contribution is -0.0188. The van der Waals surface area contributed by atoms with Crippen LogP contribution in [0.2, 0.25) is 0 Å². The number of hydrogen-bond acceptors (Lipinski definition) is 1. The first-order chi connectivity index (χ1) is 7.63. The fraction of sp³-hybridized carbons (Fsp3) is 1.00. The summed E-state index contributed by atoms with van der Waals surface area (Å²) in [4.78, 5) is 0. The van der Waals surface area contributed by atoms with E-state index in [-0.39, 0.29) is 0 Å². The molecule has 0 saturated heterocycles. The highest BCUT2D eigenvalue weighted by Crippen LogP contribution is 2.52. The molecular formula is C13H23F2N. The zero-order chi connectivity index (χ0) is 11.6. The van der Waals surface area contributed by atoms with Crippen LogP contribution in [0.3, 0.4) is 0 Å². The third-order valence-corrected chi connectivity index (χ3v) is 4.81. The summed E-state index contributed by atoms with van der Waals surface area (Å²) < 4.78 is 26.4. The van der Waals surface area contributed by atoms with Crippen molar-refractivity contribution in [3.8, 4) is 0 Å². The quantitative estimate of drug-likeness (QED) is 0.780. The predicted molar refractivity (Wildman–Crippen MR) is 61.8 cm³/mol. The minimum absolute atomic E-state index is 0.438. The molecule has 2 saturated carbocycles. The highest BCUT2D eigenvalue weighted by molar-refractivity contribution is 5.00. The molecule has 94 valence electrons. The largest absolute Gasteiger partial charge is 0.307 e. The van der Waals surface area contributed by atoms with Gasteiger partial charge in [-0.05, 0) is 50.5 Å². The first-order valence-corrected chi connectivity index (χ1v) is 6.66. The highest BCUT2D eigenvalue weighted by Gasteiger charge is 2.47. The maximum Gasteiger partial charge on any atom is 0.256 e. The summed E-state index contributed by atoms with van der Waals surface area (Å²) >= 11 is 0. The third-order valence-electron chi connectivity index (χ3n) is 4.81. The molecule has 1 spiro atoms. The number of nitrogens with one attached hydrogen (secondary N) is 1. The second-order valence-electron chi connectivity index (χ2n) is 5.69. The number of halogens is 2. The molecule has 0 unspecified atom stereocenters. The van der Waals surface area contributed by atoms with Crippen molar-refractivity contribution >= 4 is 0 Å². The van der Waals surface area contributed by atoms with Gasteiger partial charge >= 0.3 is 0 Å². The molecule has 0 aromatic heterocycles. The zero-order valence-corrected chi connectivity index (χ0v) is 10.2. The molecule has 2 aliphatic carbocycles. The van der Waals surface area contributed by atoms with E-state index < -0.39 is 12.0 Å². The van der Waals surface area contributed by atoms with Gasteiger partial charge in [0.15, 0.2) is 0 Å². The van der Waals surface area contributed by atoms with Crippen LogP contribution in [0, 0.1) is 5.41 Å². The molecule has 1 N–H and O–H groups in total. The van der Waals surface area contributed by atoms with E-state index in [0.717, 1.165) is 12.8 Å². The van der Waals surface area contributed by atoms with E-state index in [1.807, 2.05) is 6.92 Å². The van der Waals surface area contributed by atoms with E-state index in [2.05, 4.69) is 5.32 Å². The number of alkyl halides is 2. The summed E-state index contributed by atoms with van der Waals surface area (Å²) in [5.74, 6) is 0. The van der Waals surface area contributed by atoms with Gasteiger partial charge in [0, 0.05) is 0 Å². The standard InChI is InChI=1S/C13H23F2N/c1-2-16-13(11(14)15)9-7-12(8-10-13)5-3-4-6-12/h11,16H,2-10H2,1H3. The summed E-state index contributed by atoms with van der Waals surface area (Å²) in [5.41, 5.74) is -0.434. The Morgan fingerprint density at radius 2 is 1.56 bits per heavy atom. The van der Waals surface area contributed by atoms with E-state index in [1.165, 1.54) is 25.7 Å². The van der Waals surface area contributed by atoms with Crippen LogP contribution in [0.25, 0.3) is 0 Å². The first kappa shape index (κ1) is 12.3. The molecule has 0 bridgehead atoms. The van der Waals surface area contributed by atoms with Crippen LogP contribution in [0.5, 0.6) is 0 Å². The topological polar surface area (TPSA) is 12.0 Å². The molecule has 0 amide bonds. The third kappa shape index (κ3) is 2.11. The molecule has 0 aromatic carbocycles. The Morgan fingerprint density at radius 3 is 2.00 bits per heavy atom. The Labute approximate surface area is 97.0 Å². The second-order valence-corrected chi connectivity index (χ2v) is 5.69. The lowest BCUT2D eigenvalue weighted by Gasteiger charge is -2.45.